The Labute approximate surface area is 81.1 Å². The monoisotopic (exact) mass is 193 g/mol. The molecule has 74 valence electrons. The van der Waals surface area contributed by atoms with Gasteiger partial charge in [0.2, 0.25) is 11.8 Å². The van der Waals surface area contributed by atoms with Crippen molar-refractivity contribution in [1.29, 1.82) is 0 Å². The van der Waals surface area contributed by atoms with Crippen molar-refractivity contribution in [3.63, 3.8) is 0 Å². The summed E-state index contributed by atoms with van der Waals surface area (Å²) in [6.45, 7) is 0. The van der Waals surface area contributed by atoms with E-state index in [9.17, 15) is 9.59 Å². The lowest BCUT2D eigenvalue weighted by Gasteiger charge is -2.15. The van der Waals surface area contributed by atoms with Crippen LogP contribution < -0.4 is 4.90 Å². The number of hydrogen-bond acceptors (Lipinski definition) is 3. The molecule has 1 aromatic heterocycles. The molecule has 1 aromatic rings. The Hall–Kier alpha value is -1.65. The van der Waals surface area contributed by atoms with Crippen molar-refractivity contribution < 1.29 is 9.59 Å². The third kappa shape index (κ3) is 1.53. The Morgan fingerprint density at radius 3 is 2.36 bits per heavy atom. The maximum atomic E-state index is 11.6. The molecule has 5 nitrogen and oxygen atoms in total. The molecule has 1 N–H and O–H groups in total. The van der Waals surface area contributed by atoms with Crippen LogP contribution >= 0.6 is 0 Å². The molecule has 1 fully saturated rings. The Kier molecular flexibility index (Phi) is 2.30. The minimum atomic E-state index is -0.131. The number of nitrogens with one attached hydrogen (secondary N) is 1. The number of anilines is 1. The molecule has 5 heteroatoms. The summed E-state index contributed by atoms with van der Waals surface area (Å²) in [6.07, 6.45) is 5.51. The molecule has 0 saturated carbocycles. The van der Waals surface area contributed by atoms with E-state index in [0.29, 0.717) is 18.5 Å². The van der Waals surface area contributed by atoms with Crippen molar-refractivity contribution in [2.24, 2.45) is 0 Å². The van der Waals surface area contributed by atoms with Crippen molar-refractivity contribution in [3.05, 3.63) is 12.4 Å². The summed E-state index contributed by atoms with van der Waals surface area (Å²) in [5.41, 5.74) is 0.543. The summed E-state index contributed by atoms with van der Waals surface area (Å²) in [6, 6.07) is 0. The van der Waals surface area contributed by atoms with Crippen LogP contribution in [0, 0.1) is 0 Å². The second kappa shape index (κ2) is 3.61. The fourth-order valence-corrected chi connectivity index (χ4v) is 1.57. The van der Waals surface area contributed by atoms with Gasteiger partial charge < -0.3 is 0 Å². The smallest absolute Gasteiger partial charge is 0.233 e. The fraction of sp³-hybridized carbons (Fsp3) is 0.444. The molecule has 1 aliphatic heterocycles. The van der Waals surface area contributed by atoms with E-state index < -0.39 is 0 Å². The largest absolute Gasteiger partial charge is 0.284 e. The summed E-state index contributed by atoms with van der Waals surface area (Å²) < 4.78 is 0. The predicted molar refractivity (Wildman–Crippen MR) is 49.5 cm³/mol. The van der Waals surface area contributed by atoms with Gasteiger partial charge in [0.1, 0.15) is 0 Å². The average molecular weight is 193 g/mol. The van der Waals surface area contributed by atoms with Crippen molar-refractivity contribution in [1.82, 2.24) is 10.2 Å². The first-order valence-electron chi connectivity index (χ1n) is 4.63. The lowest BCUT2D eigenvalue weighted by molar-refractivity contribution is -0.125. The summed E-state index contributed by atoms with van der Waals surface area (Å²) in [4.78, 5) is 24.4. The zero-order valence-corrected chi connectivity index (χ0v) is 7.69. The van der Waals surface area contributed by atoms with Crippen LogP contribution in [-0.4, -0.2) is 22.0 Å². The highest BCUT2D eigenvalue weighted by molar-refractivity contribution is 6.15. The minimum absolute atomic E-state index is 0.131. The van der Waals surface area contributed by atoms with Gasteiger partial charge in [0.05, 0.1) is 11.9 Å². The first-order valence-corrected chi connectivity index (χ1v) is 4.63. The lowest BCUT2D eigenvalue weighted by Crippen LogP contribution is -2.34. The van der Waals surface area contributed by atoms with Gasteiger partial charge in [-0.1, -0.05) is 0 Å². The normalized spacial score (nSPS) is 18.4. The third-order valence-corrected chi connectivity index (χ3v) is 2.27. The van der Waals surface area contributed by atoms with Crippen molar-refractivity contribution >= 4 is 17.5 Å². The van der Waals surface area contributed by atoms with Crippen molar-refractivity contribution in [3.8, 4) is 0 Å². The maximum absolute atomic E-state index is 11.6. The van der Waals surface area contributed by atoms with Crippen LogP contribution in [0.5, 0.6) is 0 Å². The summed E-state index contributed by atoms with van der Waals surface area (Å²) in [5, 5.41) is 6.32. The van der Waals surface area contributed by atoms with Gasteiger partial charge in [0.25, 0.3) is 0 Å². The number of carbonyl (C=O) groups excluding carboxylic acids is 2. The van der Waals surface area contributed by atoms with Gasteiger partial charge in [-0.2, -0.15) is 5.10 Å². The highest BCUT2D eigenvalue weighted by atomic mass is 16.2. The summed E-state index contributed by atoms with van der Waals surface area (Å²) in [5.74, 6) is -0.261. The van der Waals surface area contributed by atoms with Crippen LogP contribution in [0.3, 0.4) is 0 Å². The molecule has 2 rings (SSSR count). The molecule has 2 heterocycles. The van der Waals surface area contributed by atoms with E-state index in [0.717, 1.165) is 12.8 Å². The van der Waals surface area contributed by atoms with E-state index in [-0.39, 0.29) is 11.8 Å². The van der Waals surface area contributed by atoms with Crippen LogP contribution in [0.25, 0.3) is 0 Å². The number of imide groups is 1. The number of aromatic amines is 1. The van der Waals surface area contributed by atoms with E-state index in [2.05, 4.69) is 10.2 Å². The van der Waals surface area contributed by atoms with Gasteiger partial charge in [-0.15, -0.1) is 0 Å². The van der Waals surface area contributed by atoms with Crippen LogP contribution in [0.1, 0.15) is 25.7 Å². The quantitative estimate of drug-likeness (QED) is 0.672. The number of nitrogens with zero attached hydrogens (tertiary/aromatic N) is 2. The van der Waals surface area contributed by atoms with Gasteiger partial charge in [0.15, 0.2) is 0 Å². The third-order valence-electron chi connectivity index (χ3n) is 2.27. The molecular formula is C9H11N3O2. The predicted octanol–water partition coefficient (Wildman–Crippen LogP) is 0.843. The molecule has 1 saturated heterocycles. The molecule has 0 unspecified atom stereocenters. The number of rotatable bonds is 1. The SMILES string of the molecule is O=C1CCCCC(=O)N1c1cn[nH]c1. The van der Waals surface area contributed by atoms with Crippen molar-refractivity contribution in [2.45, 2.75) is 25.7 Å². The Bertz CT molecular complexity index is 327. The molecular weight excluding hydrogens is 182 g/mol. The number of H-pyrrole nitrogens is 1. The standard InChI is InChI=1S/C9H11N3O2/c13-8-3-1-2-4-9(14)12(8)7-5-10-11-6-7/h5-6H,1-4H2,(H,10,11). The lowest BCUT2D eigenvalue weighted by atomic mass is 10.2. The number of aromatic nitrogens is 2. The average Bonchev–Trinajstić information content (AvgIpc) is 2.61. The first-order chi connectivity index (χ1) is 6.79. The molecule has 1 aliphatic rings. The Morgan fingerprint density at radius 2 is 1.86 bits per heavy atom. The van der Waals surface area contributed by atoms with Gasteiger partial charge in [-0.25, -0.2) is 4.90 Å². The van der Waals surface area contributed by atoms with Crippen LogP contribution in [-0.2, 0) is 9.59 Å². The topological polar surface area (TPSA) is 66.1 Å². The van der Waals surface area contributed by atoms with Crippen LogP contribution in [0.4, 0.5) is 5.69 Å². The Morgan fingerprint density at radius 1 is 1.21 bits per heavy atom. The maximum Gasteiger partial charge on any atom is 0.233 e. The van der Waals surface area contributed by atoms with Crippen LogP contribution in [0.2, 0.25) is 0 Å². The molecule has 0 spiro atoms. The molecule has 0 aliphatic carbocycles. The van der Waals surface area contributed by atoms with Gasteiger partial charge in [0, 0.05) is 19.0 Å². The number of hydrogen-bond donors (Lipinski definition) is 1. The molecule has 0 atom stereocenters. The second-order valence-electron chi connectivity index (χ2n) is 3.29. The van der Waals surface area contributed by atoms with E-state index in [1.165, 1.54) is 11.1 Å². The van der Waals surface area contributed by atoms with Gasteiger partial charge in [-0.05, 0) is 12.8 Å². The van der Waals surface area contributed by atoms with Crippen LogP contribution in [0.15, 0.2) is 12.4 Å². The second-order valence-corrected chi connectivity index (χ2v) is 3.29. The van der Waals surface area contributed by atoms with Crippen molar-refractivity contribution in [2.75, 3.05) is 4.90 Å². The first kappa shape index (κ1) is 8.93. The highest BCUT2D eigenvalue weighted by Crippen LogP contribution is 2.19. The van der Waals surface area contributed by atoms with E-state index >= 15 is 0 Å². The van der Waals surface area contributed by atoms with E-state index in [1.807, 2.05) is 0 Å². The summed E-state index contributed by atoms with van der Waals surface area (Å²) in [7, 11) is 0. The highest BCUT2D eigenvalue weighted by Gasteiger charge is 2.25. The number of amides is 2. The molecule has 0 bridgehead atoms. The minimum Gasteiger partial charge on any atom is -0.284 e. The fourth-order valence-electron chi connectivity index (χ4n) is 1.57. The molecule has 2 amide bonds. The zero-order chi connectivity index (χ0) is 9.97. The summed E-state index contributed by atoms with van der Waals surface area (Å²) >= 11 is 0. The number of carbonyl (C=O) groups is 2. The van der Waals surface area contributed by atoms with Gasteiger partial charge in [-0.3, -0.25) is 14.7 Å². The van der Waals surface area contributed by atoms with E-state index in [1.54, 1.807) is 6.20 Å². The molecule has 0 aromatic carbocycles. The molecule has 0 radical (unpaired) electrons. The van der Waals surface area contributed by atoms with E-state index in [4.69, 9.17) is 0 Å². The Balaban J connectivity index is 2.29. The molecule has 14 heavy (non-hydrogen) atoms. The zero-order valence-electron chi connectivity index (χ0n) is 7.69. The van der Waals surface area contributed by atoms with Gasteiger partial charge >= 0.3 is 0 Å².